The Morgan fingerprint density at radius 3 is 2.52 bits per heavy atom. The van der Waals surface area contributed by atoms with Gasteiger partial charge in [-0.05, 0) is 38.4 Å². The number of nitrogens with one attached hydrogen (secondary N) is 1. The standard InChI is InChI=1S/C17H27N3O/c1-3-12-19-17(16(18)21,14-8-5-4-6-9-14)13-20(2)15-10-7-11-15/h4-6,8-9,15,19H,3,7,10-13H2,1-2H3,(H2,18,21). The van der Waals surface area contributed by atoms with Crippen molar-refractivity contribution in [1.82, 2.24) is 10.2 Å². The highest BCUT2D eigenvalue weighted by Crippen LogP contribution is 2.28. The van der Waals surface area contributed by atoms with Crippen LogP contribution in [0.15, 0.2) is 30.3 Å². The van der Waals surface area contributed by atoms with Crippen molar-refractivity contribution in [2.24, 2.45) is 5.73 Å². The fourth-order valence-corrected chi connectivity index (χ4v) is 2.95. The fourth-order valence-electron chi connectivity index (χ4n) is 2.95. The highest BCUT2D eigenvalue weighted by Gasteiger charge is 2.40. The fraction of sp³-hybridized carbons (Fsp3) is 0.588. The van der Waals surface area contributed by atoms with Gasteiger partial charge in [0, 0.05) is 12.6 Å². The van der Waals surface area contributed by atoms with E-state index in [9.17, 15) is 4.79 Å². The SMILES string of the molecule is CCCNC(CN(C)C1CCC1)(C(N)=O)c1ccccc1. The molecule has 1 aromatic carbocycles. The Kier molecular flexibility index (Phi) is 5.37. The second-order valence-corrected chi connectivity index (χ2v) is 6.06. The summed E-state index contributed by atoms with van der Waals surface area (Å²) in [7, 11) is 2.10. The van der Waals surface area contributed by atoms with Crippen LogP contribution in [-0.4, -0.2) is 37.0 Å². The van der Waals surface area contributed by atoms with Gasteiger partial charge in [0.15, 0.2) is 0 Å². The first-order chi connectivity index (χ1) is 10.1. The number of likely N-dealkylation sites (N-methyl/N-ethyl adjacent to an activating group) is 1. The Morgan fingerprint density at radius 2 is 2.05 bits per heavy atom. The van der Waals surface area contributed by atoms with Crippen molar-refractivity contribution in [2.45, 2.75) is 44.2 Å². The van der Waals surface area contributed by atoms with Crippen LogP contribution in [-0.2, 0) is 10.3 Å². The maximum atomic E-state index is 12.3. The van der Waals surface area contributed by atoms with Crippen molar-refractivity contribution in [3.8, 4) is 0 Å². The molecule has 1 aliphatic carbocycles. The van der Waals surface area contributed by atoms with Gasteiger partial charge in [-0.1, -0.05) is 43.7 Å². The molecule has 1 aliphatic rings. The zero-order chi connectivity index (χ0) is 15.3. The second-order valence-electron chi connectivity index (χ2n) is 6.06. The molecule has 0 aliphatic heterocycles. The van der Waals surface area contributed by atoms with Gasteiger partial charge in [0.05, 0.1) is 0 Å². The molecule has 1 amide bonds. The number of nitrogens with two attached hydrogens (primary N) is 1. The first-order valence-corrected chi connectivity index (χ1v) is 7.91. The topological polar surface area (TPSA) is 58.4 Å². The van der Waals surface area contributed by atoms with E-state index >= 15 is 0 Å². The summed E-state index contributed by atoms with van der Waals surface area (Å²) >= 11 is 0. The maximum Gasteiger partial charge on any atom is 0.243 e. The van der Waals surface area contributed by atoms with E-state index < -0.39 is 5.54 Å². The van der Waals surface area contributed by atoms with Gasteiger partial charge < -0.3 is 10.6 Å². The lowest BCUT2D eigenvalue weighted by Crippen LogP contribution is -2.60. The molecule has 3 N–H and O–H groups in total. The third-order valence-electron chi connectivity index (χ3n) is 4.55. The van der Waals surface area contributed by atoms with Crippen molar-refractivity contribution >= 4 is 5.91 Å². The Bertz CT molecular complexity index is 458. The molecule has 4 nitrogen and oxygen atoms in total. The van der Waals surface area contributed by atoms with Crippen molar-refractivity contribution in [2.75, 3.05) is 20.1 Å². The molecule has 0 spiro atoms. The summed E-state index contributed by atoms with van der Waals surface area (Å²) in [4.78, 5) is 14.6. The minimum Gasteiger partial charge on any atom is -0.368 e. The average Bonchev–Trinajstić information content (AvgIpc) is 2.42. The Morgan fingerprint density at radius 1 is 1.38 bits per heavy atom. The molecule has 1 atom stereocenters. The van der Waals surface area contributed by atoms with E-state index in [1.807, 2.05) is 30.3 Å². The largest absolute Gasteiger partial charge is 0.368 e. The van der Waals surface area contributed by atoms with E-state index in [2.05, 4.69) is 24.2 Å². The van der Waals surface area contributed by atoms with Crippen LogP contribution in [0.2, 0.25) is 0 Å². The molecule has 21 heavy (non-hydrogen) atoms. The molecule has 1 unspecified atom stereocenters. The third kappa shape index (κ3) is 3.44. The summed E-state index contributed by atoms with van der Waals surface area (Å²) in [6, 6.07) is 10.4. The molecular formula is C17H27N3O. The molecule has 2 rings (SSSR count). The van der Waals surface area contributed by atoms with E-state index in [1.54, 1.807) is 0 Å². The summed E-state index contributed by atoms with van der Waals surface area (Å²) in [5.74, 6) is -0.298. The third-order valence-corrected chi connectivity index (χ3v) is 4.55. The van der Waals surface area contributed by atoms with Gasteiger partial charge in [-0.25, -0.2) is 0 Å². The number of carbonyl (C=O) groups excluding carboxylic acids is 1. The zero-order valence-electron chi connectivity index (χ0n) is 13.1. The Labute approximate surface area is 127 Å². The van der Waals surface area contributed by atoms with Gasteiger partial charge in [0.25, 0.3) is 0 Å². The summed E-state index contributed by atoms with van der Waals surface area (Å²) in [6.07, 6.45) is 4.68. The van der Waals surface area contributed by atoms with Crippen LogP contribution in [0.5, 0.6) is 0 Å². The lowest BCUT2D eigenvalue weighted by atomic mass is 9.85. The number of benzene rings is 1. The van der Waals surface area contributed by atoms with Crippen LogP contribution in [0.1, 0.15) is 38.2 Å². The van der Waals surface area contributed by atoms with Crippen LogP contribution < -0.4 is 11.1 Å². The predicted molar refractivity (Wildman–Crippen MR) is 85.9 cm³/mol. The van der Waals surface area contributed by atoms with Crippen LogP contribution in [0.4, 0.5) is 0 Å². The van der Waals surface area contributed by atoms with Gasteiger partial charge in [0.2, 0.25) is 5.91 Å². The lowest BCUT2D eigenvalue weighted by molar-refractivity contribution is -0.126. The van der Waals surface area contributed by atoms with E-state index in [0.717, 1.165) is 18.5 Å². The molecular weight excluding hydrogens is 262 g/mol. The second kappa shape index (κ2) is 7.05. The number of hydrogen-bond acceptors (Lipinski definition) is 3. The van der Waals surface area contributed by atoms with Gasteiger partial charge >= 0.3 is 0 Å². The number of primary amides is 1. The van der Waals surface area contributed by atoms with Crippen LogP contribution in [0.3, 0.4) is 0 Å². The van der Waals surface area contributed by atoms with Crippen molar-refractivity contribution in [3.63, 3.8) is 0 Å². The highest BCUT2D eigenvalue weighted by atomic mass is 16.1. The summed E-state index contributed by atoms with van der Waals surface area (Å²) < 4.78 is 0. The summed E-state index contributed by atoms with van der Waals surface area (Å²) in [5, 5.41) is 3.42. The van der Waals surface area contributed by atoms with Crippen LogP contribution in [0, 0.1) is 0 Å². The van der Waals surface area contributed by atoms with E-state index in [1.165, 1.54) is 19.3 Å². The number of carbonyl (C=O) groups is 1. The average molecular weight is 289 g/mol. The molecule has 0 heterocycles. The minimum atomic E-state index is -0.804. The maximum absolute atomic E-state index is 12.3. The zero-order valence-corrected chi connectivity index (χ0v) is 13.1. The minimum absolute atomic E-state index is 0.298. The molecule has 1 saturated carbocycles. The smallest absolute Gasteiger partial charge is 0.243 e. The van der Waals surface area contributed by atoms with E-state index in [4.69, 9.17) is 5.73 Å². The molecule has 1 fully saturated rings. The van der Waals surface area contributed by atoms with Crippen LogP contribution >= 0.6 is 0 Å². The van der Waals surface area contributed by atoms with Crippen LogP contribution in [0.25, 0.3) is 0 Å². The molecule has 0 aromatic heterocycles. The van der Waals surface area contributed by atoms with Gasteiger partial charge in [-0.3, -0.25) is 10.1 Å². The monoisotopic (exact) mass is 289 g/mol. The lowest BCUT2D eigenvalue weighted by Gasteiger charge is -2.41. The molecule has 1 aromatic rings. The number of nitrogens with zero attached hydrogens (tertiary/aromatic N) is 1. The normalized spacial score (nSPS) is 18.2. The summed E-state index contributed by atoms with van der Waals surface area (Å²) in [6.45, 7) is 3.49. The first kappa shape index (κ1) is 16.0. The number of amides is 1. The molecule has 0 bridgehead atoms. The predicted octanol–water partition coefficient (Wildman–Crippen LogP) is 1.85. The number of hydrogen-bond donors (Lipinski definition) is 2. The summed E-state index contributed by atoms with van der Waals surface area (Å²) in [5.41, 5.74) is 5.98. The van der Waals surface area contributed by atoms with Gasteiger partial charge in [-0.15, -0.1) is 0 Å². The Balaban J connectivity index is 2.28. The molecule has 116 valence electrons. The van der Waals surface area contributed by atoms with Crippen molar-refractivity contribution in [1.29, 1.82) is 0 Å². The molecule has 0 saturated heterocycles. The quantitative estimate of drug-likeness (QED) is 0.768. The molecule has 4 heteroatoms. The van der Waals surface area contributed by atoms with Gasteiger partial charge in [0.1, 0.15) is 5.54 Å². The first-order valence-electron chi connectivity index (χ1n) is 7.91. The van der Waals surface area contributed by atoms with Crippen molar-refractivity contribution in [3.05, 3.63) is 35.9 Å². The number of rotatable bonds is 8. The van der Waals surface area contributed by atoms with E-state index in [0.29, 0.717) is 12.6 Å². The van der Waals surface area contributed by atoms with E-state index in [-0.39, 0.29) is 5.91 Å². The molecule has 0 radical (unpaired) electrons. The van der Waals surface area contributed by atoms with Gasteiger partial charge in [-0.2, -0.15) is 0 Å². The highest BCUT2D eigenvalue weighted by molar-refractivity contribution is 5.86. The Hall–Kier alpha value is -1.39. The van der Waals surface area contributed by atoms with Crippen molar-refractivity contribution < 1.29 is 4.79 Å².